The van der Waals surface area contributed by atoms with Crippen LogP contribution < -0.4 is 5.73 Å². The molecule has 4 nitrogen and oxygen atoms in total. The first-order valence-corrected chi connectivity index (χ1v) is 6.76. The molecular formula is C13H17BrN2O2. The van der Waals surface area contributed by atoms with Crippen molar-refractivity contribution in [3.63, 3.8) is 0 Å². The third-order valence-corrected chi connectivity index (χ3v) is 3.67. The number of ether oxygens (including phenoxy) is 1. The number of morpholine rings is 1. The predicted molar refractivity (Wildman–Crippen MR) is 74.5 cm³/mol. The summed E-state index contributed by atoms with van der Waals surface area (Å²) >= 11 is 3.32. The minimum Gasteiger partial charge on any atom is -0.398 e. The van der Waals surface area contributed by atoms with Crippen LogP contribution in [0.4, 0.5) is 5.69 Å². The summed E-state index contributed by atoms with van der Waals surface area (Å²) in [6.45, 7) is 5.20. The van der Waals surface area contributed by atoms with Crippen LogP contribution in [0.15, 0.2) is 22.7 Å². The van der Waals surface area contributed by atoms with Gasteiger partial charge in [0.2, 0.25) is 0 Å². The highest BCUT2D eigenvalue weighted by Crippen LogP contribution is 2.22. The van der Waals surface area contributed by atoms with Crippen molar-refractivity contribution < 1.29 is 9.53 Å². The first kappa shape index (κ1) is 13.4. The topological polar surface area (TPSA) is 55.6 Å². The van der Waals surface area contributed by atoms with E-state index in [0.717, 1.165) is 4.47 Å². The second kappa shape index (κ2) is 5.28. The second-order valence-corrected chi connectivity index (χ2v) is 5.56. The van der Waals surface area contributed by atoms with Crippen LogP contribution in [-0.4, -0.2) is 36.1 Å². The molecule has 2 N–H and O–H groups in total. The lowest BCUT2D eigenvalue weighted by Gasteiger charge is -2.35. The molecule has 5 heteroatoms. The molecule has 1 amide bonds. The van der Waals surface area contributed by atoms with Crippen LogP contribution in [0.1, 0.15) is 24.2 Å². The van der Waals surface area contributed by atoms with Crippen molar-refractivity contribution in [1.29, 1.82) is 0 Å². The van der Waals surface area contributed by atoms with Crippen LogP contribution in [0.25, 0.3) is 0 Å². The Morgan fingerprint density at radius 3 is 2.56 bits per heavy atom. The Morgan fingerprint density at radius 2 is 2.00 bits per heavy atom. The molecular weight excluding hydrogens is 296 g/mol. The molecule has 0 radical (unpaired) electrons. The first-order chi connectivity index (χ1) is 8.47. The Balaban J connectivity index is 2.17. The summed E-state index contributed by atoms with van der Waals surface area (Å²) in [7, 11) is 0. The molecule has 0 spiro atoms. The number of hydrogen-bond donors (Lipinski definition) is 1. The van der Waals surface area contributed by atoms with Crippen LogP contribution >= 0.6 is 15.9 Å². The molecule has 18 heavy (non-hydrogen) atoms. The number of nitrogens with two attached hydrogens (primary N) is 1. The summed E-state index contributed by atoms with van der Waals surface area (Å²) in [5.74, 6) is 0.0104. The number of rotatable bonds is 1. The smallest absolute Gasteiger partial charge is 0.254 e. The third kappa shape index (κ3) is 2.84. The summed E-state index contributed by atoms with van der Waals surface area (Å²) in [5.41, 5.74) is 7.00. The SMILES string of the molecule is C[C@H]1CN(C(=O)c2ccc(Br)c(N)c2)C[C@H](C)O1. The van der Waals surface area contributed by atoms with E-state index < -0.39 is 0 Å². The van der Waals surface area contributed by atoms with Crippen molar-refractivity contribution in [2.75, 3.05) is 18.8 Å². The Morgan fingerprint density at radius 1 is 1.39 bits per heavy atom. The number of nitrogen functional groups attached to an aromatic ring is 1. The summed E-state index contributed by atoms with van der Waals surface area (Å²) in [6, 6.07) is 5.29. The van der Waals surface area contributed by atoms with Crippen LogP contribution in [-0.2, 0) is 4.74 Å². The lowest BCUT2D eigenvalue weighted by Crippen LogP contribution is -2.48. The van der Waals surface area contributed by atoms with Gasteiger partial charge in [-0.15, -0.1) is 0 Å². The zero-order valence-electron chi connectivity index (χ0n) is 10.5. The van der Waals surface area contributed by atoms with Crippen LogP contribution in [0, 0.1) is 0 Å². The lowest BCUT2D eigenvalue weighted by atomic mass is 10.1. The number of anilines is 1. The van der Waals surface area contributed by atoms with Gasteiger partial charge < -0.3 is 15.4 Å². The third-order valence-electron chi connectivity index (χ3n) is 2.95. The lowest BCUT2D eigenvalue weighted by molar-refractivity contribution is -0.0586. The molecule has 1 fully saturated rings. The highest BCUT2D eigenvalue weighted by atomic mass is 79.9. The first-order valence-electron chi connectivity index (χ1n) is 5.97. The van der Waals surface area contributed by atoms with E-state index >= 15 is 0 Å². The molecule has 2 rings (SSSR count). The molecule has 0 aliphatic carbocycles. The van der Waals surface area contributed by atoms with E-state index in [-0.39, 0.29) is 18.1 Å². The maximum Gasteiger partial charge on any atom is 0.254 e. The molecule has 0 aromatic heterocycles. The molecule has 0 bridgehead atoms. The number of carbonyl (C=O) groups excluding carboxylic acids is 1. The van der Waals surface area contributed by atoms with Crippen LogP contribution in [0.2, 0.25) is 0 Å². The maximum atomic E-state index is 12.4. The van der Waals surface area contributed by atoms with Gasteiger partial charge in [-0.25, -0.2) is 0 Å². The van der Waals surface area contributed by atoms with Gasteiger partial charge in [-0.1, -0.05) is 0 Å². The zero-order valence-corrected chi connectivity index (χ0v) is 12.1. The van der Waals surface area contributed by atoms with E-state index in [0.29, 0.717) is 24.3 Å². The minimum atomic E-state index is 0.0104. The molecule has 1 aromatic rings. The predicted octanol–water partition coefficient (Wildman–Crippen LogP) is 2.28. The fourth-order valence-electron chi connectivity index (χ4n) is 2.20. The van der Waals surface area contributed by atoms with Crippen molar-refractivity contribution in [2.45, 2.75) is 26.1 Å². The molecule has 2 atom stereocenters. The molecule has 98 valence electrons. The standard InChI is InChI=1S/C13H17BrN2O2/c1-8-6-16(7-9(2)18-8)13(17)10-3-4-11(14)12(15)5-10/h3-5,8-9H,6-7,15H2,1-2H3/t8-,9-/m0/s1. The average Bonchev–Trinajstić information content (AvgIpc) is 2.30. The van der Waals surface area contributed by atoms with Gasteiger partial charge in [0.25, 0.3) is 5.91 Å². The Kier molecular flexibility index (Phi) is 3.92. The molecule has 1 saturated heterocycles. The summed E-state index contributed by atoms with van der Waals surface area (Å²) in [4.78, 5) is 14.2. The second-order valence-electron chi connectivity index (χ2n) is 4.70. The Bertz CT molecular complexity index is 454. The zero-order chi connectivity index (χ0) is 13.3. The van der Waals surface area contributed by atoms with E-state index in [1.807, 2.05) is 18.7 Å². The van der Waals surface area contributed by atoms with Gasteiger partial charge in [0.1, 0.15) is 0 Å². The molecule has 1 aliphatic rings. The fourth-order valence-corrected chi connectivity index (χ4v) is 2.45. The van der Waals surface area contributed by atoms with E-state index in [1.165, 1.54) is 0 Å². The van der Waals surface area contributed by atoms with Crippen molar-refractivity contribution in [2.24, 2.45) is 0 Å². The Hall–Kier alpha value is -1.07. The van der Waals surface area contributed by atoms with E-state index in [9.17, 15) is 4.79 Å². The number of amides is 1. The normalized spacial score (nSPS) is 24.1. The largest absolute Gasteiger partial charge is 0.398 e. The summed E-state index contributed by atoms with van der Waals surface area (Å²) in [6.07, 6.45) is 0.149. The van der Waals surface area contributed by atoms with Gasteiger partial charge in [0.05, 0.1) is 12.2 Å². The van der Waals surface area contributed by atoms with Crippen LogP contribution in [0.5, 0.6) is 0 Å². The average molecular weight is 313 g/mol. The summed E-state index contributed by atoms with van der Waals surface area (Å²) in [5, 5.41) is 0. The highest BCUT2D eigenvalue weighted by Gasteiger charge is 2.26. The number of hydrogen-bond acceptors (Lipinski definition) is 3. The molecule has 1 heterocycles. The Labute approximate surface area is 115 Å². The van der Waals surface area contributed by atoms with E-state index in [1.54, 1.807) is 18.2 Å². The van der Waals surface area contributed by atoms with E-state index in [4.69, 9.17) is 10.5 Å². The number of carbonyl (C=O) groups is 1. The van der Waals surface area contributed by atoms with Crippen LogP contribution in [0.3, 0.4) is 0 Å². The molecule has 1 aromatic carbocycles. The molecule has 0 saturated carbocycles. The quantitative estimate of drug-likeness (QED) is 0.809. The van der Waals surface area contributed by atoms with Crippen molar-refractivity contribution in [3.05, 3.63) is 28.2 Å². The number of halogens is 1. The maximum absolute atomic E-state index is 12.4. The number of nitrogens with zero attached hydrogens (tertiary/aromatic N) is 1. The van der Waals surface area contributed by atoms with Gasteiger partial charge in [0, 0.05) is 28.8 Å². The van der Waals surface area contributed by atoms with Gasteiger partial charge in [-0.2, -0.15) is 0 Å². The molecule has 0 unspecified atom stereocenters. The van der Waals surface area contributed by atoms with Crippen molar-refractivity contribution >= 4 is 27.5 Å². The van der Waals surface area contributed by atoms with Gasteiger partial charge >= 0.3 is 0 Å². The highest BCUT2D eigenvalue weighted by molar-refractivity contribution is 9.10. The van der Waals surface area contributed by atoms with Gasteiger partial charge in [-0.05, 0) is 48.0 Å². The summed E-state index contributed by atoms with van der Waals surface area (Å²) < 4.78 is 6.43. The monoisotopic (exact) mass is 312 g/mol. The minimum absolute atomic E-state index is 0.0104. The van der Waals surface area contributed by atoms with Gasteiger partial charge in [0.15, 0.2) is 0 Å². The van der Waals surface area contributed by atoms with Crippen molar-refractivity contribution in [1.82, 2.24) is 4.90 Å². The fraction of sp³-hybridized carbons (Fsp3) is 0.462. The van der Waals surface area contributed by atoms with E-state index in [2.05, 4.69) is 15.9 Å². The molecule has 1 aliphatic heterocycles. The van der Waals surface area contributed by atoms with Crippen molar-refractivity contribution in [3.8, 4) is 0 Å². The van der Waals surface area contributed by atoms with Gasteiger partial charge in [-0.3, -0.25) is 4.79 Å². The number of benzene rings is 1.